The number of amides is 1. The van der Waals surface area contributed by atoms with Gasteiger partial charge in [0.25, 0.3) is 0 Å². The summed E-state index contributed by atoms with van der Waals surface area (Å²) in [7, 11) is 1.95. The van der Waals surface area contributed by atoms with Crippen molar-refractivity contribution in [3.05, 3.63) is 0 Å². The molecule has 1 aliphatic carbocycles. The lowest BCUT2D eigenvalue weighted by atomic mass is 9.75. The summed E-state index contributed by atoms with van der Waals surface area (Å²) in [6, 6.07) is 0.445. The van der Waals surface area contributed by atoms with Gasteiger partial charge in [-0.1, -0.05) is 20.8 Å². The third-order valence-corrected chi connectivity index (χ3v) is 4.18. The van der Waals surface area contributed by atoms with Crippen molar-refractivity contribution < 1.29 is 4.79 Å². The third-order valence-electron chi connectivity index (χ3n) is 4.18. The Labute approximate surface area is 106 Å². The van der Waals surface area contributed by atoms with Crippen LogP contribution in [-0.4, -0.2) is 30.4 Å². The van der Waals surface area contributed by atoms with E-state index in [4.69, 9.17) is 5.73 Å². The highest BCUT2D eigenvalue weighted by atomic mass is 16.2. The first-order chi connectivity index (χ1) is 7.85. The molecule has 100 valence electrons. The number of nitrogens with zero attached hydrogens (tertiary/aromatic N) is 1. The summed E-state index contributed by atoms with van der Waals surface area (Å²) >= 11 is 0. The quantitative estimate of drug-likeness (QED) is 0.820. The van der Waals surface area contributed by atoms with E-state index in [1.165, 1.54) is 12.8 Å². The van der Waals surface area contributed by atoms with E-state index >= 15 is 0 Å². The van der Waals surface area contributed by atoms with Gasteiger partial charge in [-0.15, -0.1) is 0 Å². The molecule has 1 fully saturated rings. The van der Waals surface area contributed by atoms with Gasteiger partial charge in [0.1, 0.15) is 0 Å². The van der Waals surface area contributed by atoms with Crippen molar-refractivity contribution in [2.45, 2.75) is 58.9 Å². The van der Waals surface area contributed by atoms with Crippen molar-refractivity contribution in [1.82, 2.24) is 4.90 Å². The van der Waals surface area contributed by atoms with Crippen molar-refractivity contribution in [2.24, 2.45) is 17.1 Å². The van der Waals surface area contributed by atoms with Crippen molar-refractivity contribution in [1.29, 1.82) is 0 Å². The summed E-state index contributed by atoms with van der Waals surface area (Å²) < 4.78 is 0. The molecule has 0 aromatic heterocycles. The van der Waals surface area contributed by atoms with E-state index in [-0.39, 0.29) is 5.91 Å². The number of hydrogen-bond acceptors (Lipinski definition) is 2. The molecule has 0 heterocycles. The Bertz CT molecular complexity index is 253. The van der Waals surface area contributed by atoms with Gasteiger partial charge in [-0.3, -0.25) is 4.79 Å². The minimum absolute atomic E-state index is 0.257. The molecule has 0 aliphatic heterocycles. The highest BCUT2D eigenvalue weighted by molar-refractivity contribution is 5.76. The summed E-state index contributed by atoms with van der Waals surface area (Å²) in [5, 5.41) is 0. The average molecular weight is 240 g/mol. The molecule has 0 aromatic carbocycles. The maximum atomic E-state index is 12.0. The van der Waals surface area contributed by atoms with E-state index in [2.05, 4.69) is 13.8 Å². The van der Waals surface area contributed by atoms with Crippen molar-refractivity contribution in [2.75, 3.05) is 13.6 Å². The lowest BCUT2D eigenvalue weighted by Gasteiger charge is -2.38. The Kier molecular flexibility index (Phi) is 4.99. The second-order valence-corrected chi connectivity index (χ2v) is 6.45. The Balaban J connectivity index is 2.43. The SMILES string of the molecule is CC(CN)CC(=O)N(C)C1CCC(C)(C)CC1. The number of hydrogen-bond donors (Lipinski definition) is 1. The highest BCUT2D eigenvalue weighted by Crippen LogP contribution is 2.36. The molecule has 1 rings (SSSR count). The molecule has 1 aliphatic rings. The molecular weight excluding hydrogens is 212 g/mol. The van der Waals surface area contributed by atoms with Gasteiger partial charge in [0.2, 0.25) is 5.91 Å². The number of carbonyl (C=O) groups excluding carboxylic acids is 1. The van der Waals surface area contributed by atoms with Crippen LogP contribution in [0.15, 0.2) is 0 Å². The van der Waals surface area contributed by atoms with Crippen LogP contribution in [0.2, 0.25) is 0 Å². The van der Waals surface area contributed by atoms with Crippen LogP contribution in [0.25, 0.3) is 0 Å². The highest BCUT2D eigenvalue weighted by Gasteiger charge is 2.30. The van der Waals surface area contributed by atoms with E-state index in [9.17, 15) is 4.79 Å². The zero-order valence-corrected chi connectivity index (χ0v) is 11.8. The summed E-state index contributed by atoms with van der Waals surface area (Å²) in [5.41, 5.74) is 6.03. The first kappa shape index (κ1) is 14.5. The predicted molar refractivity (Wildman–Crippen MR) is 71.6 cm³/mol. The molecule has 3 nitrogen and oxygen atoms in total. The number of nitrogens with two attached hydrogens (primary N) is 1. The minimum atomic E-state index is 0.257. The van der Waals surface area contributed by atoms with E-state index in [0.29, 0.717) is 30.3 Å². The van der Waals surface area contributed by atoms with Crippen LogP contribution in [0.1, 0.15) is 52.9 Å². The van der Waals surface area contributed by atoms with Gasteiger partial charge in [0, 0.05) is 19.5 Å². The fourth-order valence-electron chi connectivity index (χ4n) is 2.50. The van der Waals surface area contributed by atoms with Gasteiger partial charge in [0.05, 0.1) is 0 Å². The zero-order valence-electron chi connectivity index (χ0n) is 11.8. The van der Waals surface area contributed by atoms with Crippen LogP contribution in [0, 0.1) is 11.3 Å². The molecule has 1 atom stereocenters. The number of rotatable bonds is 4. The Morgan fingerprint density at radius 2 is 1.94 bits per heavy atom. The molecule has 0 radical (unpaired) electrons. The summed E-state index contributed by atoms with van der Waals surface area (Å²) in [4.78, 5) is 14.0. The lowest BCUT2D eigenvalue weighted by molar-refractivity contribution is -0.133. The third kappa shape index (κ3) is 4.30. The molecule has 17 heavy (non-hydrogen) atoms. The fourth-order valence-corrected chi connectivity index (χ4v) is 2.50. The van der Waals surface area contributed by atoms with Crippen LogP contribution in [-0.2, 0) is 4.79 Å². The molecule has 0 bridgehead atoms. The molecule has 1 unspecified atom stereocenters. The molecule has 2 N–H and O–H groups in total. The van der Waals surface area contributed by atoms with Gasteiger partial charge in [-0.05, 0) is 43.6 Å². The van der Waals surface area contributed by atoms with Crippen molar-refractivity contribution in [3.8, 4) is 0 Å². The Hall–Kier alpha value is -0.570. The molecular formula is C14H28N2O. The van der Waals surface area contributed by atoms with Gasteiger partial charge >= 0.3 is 0 Å². The predicted octanol–water partition coefficient (Wildman–Crippen LogP) is 2.40. The van der Waals surface area contributed by atoms with E-state index in [1.54, 1.807) is 0 Å². The van der Waals surface area contributed by atoms with Crippen molar-refractivity contribution >= 4 is 5.91 Å². The topological polar surface area (TPSA) is 46.3 Å². The van der Waals surface area contributed by atoms with Crippen LogP contribution in [0.3, 0.4) is 0 Å². The smallest absolute Gasteiger partial charge is 0.222 e. The average Bonchev–Trinajstić information content (AvgIpc) is 2.27. The summed E-state index contributed by atoms with van der Waals surface area (Å²) in [6.07, 6.45) is 5.33. The second-order valence-electron chi connectivity index (χ2n) is 6.45. The normalized spacial score (nSPS) is 22.2. The summed E-state index contributed by atoms with van der Waals surface area (Å²) in [5.74, 6) is 0.553. The van der Waals surface area contributed by atoms with Crippen LogP contribution in [0.5, 0.6) is 0 Å². The monoisotopic (exact) mass is 240 g/mol. The van der Waals surface area contributed by atoms with Gasteiger partial charge in [-0.2, -0.15) is 0 Å². The Morgan fingerprint density at radius 3 is 2.41 bits per heavy atom. The first-order valence-electron chi connectivity index (χ1n) is 6.81. The van der Waals surface area contributed by atoms with Gasteiger partial charge in [-0.25, -0.2) is 0 Å². The molecule has 3 heteroatoms. The summed E-state index contributed by atoms with van der Waals surface area (Å²) in [6.45, 7) is 7.27. The van der Waals surface area contributed by atoms with Crippen LogP contribution in [0.4, 0.5) is 0 Å². The van der Waals surface area contributed by atoms with Gasteiger partial charge < -0.3 is 10.6 Å². The molecule has 0 spiro atoms. The largest absolute Gasteiger partial charge is 0.343 e. The standard InChI is InChI=1S/C14H28N2O/c1-11(10-15)9-13(17)16(4)12-5-7-14(2,3)8-6-12/h11-12H,5-10,15H2,1-4H3. The number of carbonyl (C=O) groups is 1. The van der Waals surface area contributed by atoms with Crippen LogP contribution >= 0.6 is 0 Å². The fraction of sp³-hybridized carbons (Fsp3) is 0.929. The Morgan fingerprint density at radius 1 is 1.41 bits per heavy atom. The van der Waals surface area contributed by atoms with Crippen LogP contribution < -0.4 is 5.73 Å². The molecule has 0 saturated heterocycles. The molecule has 0 aromatic rings. The molecule has 1 saturated carbocycles. The van der Waals surface area contributed by atoms with E-state index < -0.39 is 0 Å². The van der Waals surface area contributed by atoms with Gasteiger partial charge in [0.15, 0.2) is 0 Å². The van der Waals surface area contributed by atoms with E-state index in [0.717, 1.165) is 12.8 Å². The lowest BCUT2D eigenvalue weighted by Crippen LogP contribution is -2.41. The molecule has 1 amide bonds. The minimum Gasteiger partial charge on any atom is -0.343 e. The second kappa shape index (κ2) is 5.85. The van der Waals surface area contributed by atoms with Crippen molar-refractivity contribution in [3.63, 3.8) is 0 Å². The zero-order chi connectivity index (χ0) is 13.1. The first-order valence-corrected chi connectivity index (χ1v) is 6.81. The van der Waals surface area contributed by atoms with E-state index in [1.807, 2.05) is 18.9 Å². The maximum Gasteiger partial charge on any atom is 0.222 e. The maximum absolute atomic E-state index is 12.0.